The van der Waals surface area contributed by atoms with Crippen LogP contribution in [0.3, 0.4) is 0 Å². The Morgan fingerprint density at radius 1 is 1.20 bits per heavy atom. The zero-order chi connectivity index (χ0) is 17.8. The molecule has 3 rings (SSSR count). The molecule has 0 radical (unpaired) electrons. The fourth-order valence-corrected chi connectivity index (χ4v) is 2.99. The number of benzene rings is 2. The van der Waals surface area contributed by atoms with Crippen LogP contribution in [-0.2, 0) is 4.79 Å². The standard InChI is InChI=1S/C19H19F2NO3/c20-13-6-7-16(17(21)10-13)19(12-8-14(23)9-12)22-18(24)11-25-15-4-2-1-3-5-15/h1-7,10,12,14,19,23H,8-9,11H2,(H,22,24)/t12?,14?,19-/m0/s1. The van der Waals surface area contributed by atoms with Gasteiger partial charge in [0.1, 0.15) is 17.4 Å². The number of carbonyl (C=O) groups is 1. The number of ether oxygens (including phenoxy) is 1. The normalized spacial score (nSPS) is 20.4. The van der Waals surface area contributed by atoms with Gasteiger partial charge in [0.05, 0.1) is 12.1 Å². The number of aliphatic hydroxyl groups excluding tert-OH is 1. The summed E-state index contributed by atoms with van der Waals surface area (Å²) in [4.78, 5) is 12.2. The zero-order valence-electron chi connectivity index (χ0n) is 13.5. The highest BCUT2D eigenvalue weighted by atomic mass is 19.1. The minimum atomic E-state index is -0.712. The van der Waals surface area contributed by atoms with Crippen molar-refractivity contribution in [2.75, 3.05) is 6.61 Å². The Hall–Kier alpha value is -2.47. The third kappa shape index (κ3) is 4.33. The number of aliphatic hydroxyl groups is 1. The lowest BCUT2D eigenvalue weighted by Crippen LogP contribution is -2.43. The topological polar surface area (TPSA) is 58.6 Å². The number of hydrogen-bond acceptors (Lipinski definition) is 3. The number of nitrogens with one attached hydrogen (secondary N) is 1. The predicted molar refractivity (Wildman–Crippen MR) is 87.9 cm³/mol. The maximum absolute atomic E-state index is 14.1. The van der Waals surface area contributed by atoms with Gasteiger partial charge in [-0.2, -0.15) is 0 Å². The lowest BCUT2D eigenvalue weighted by Gasteiger charge is -2.38. The molecule has 0 aromatic heterocycles. The van der Waals surface area contributed by atoms with Crippen LogP contribution >= 0.6 is 0 Å². The van der Waals surface area contributed by atoms with E-state index in [2.05, 4.69) is 5.32 Å². The quantitative estimate of drug-likeness (QED) is 0.845. The highest BCUT2D eigenvalue weighted by molar-refractivity contribution is 5.78. The van der Waals surface area contributed by atoms with Crippen molar-refractivity contribution >= 4 is 5.91 Å². The maximum atomic E-state index is 14.1. The van der Waals surface area contributed by atoms with E-state index in [0.717, 1.165) is 12.1 Å². The molecule has 25 heavy (non-hydrogen) atoms. The van der Waals surface area contributed by atoms with Gasteiger partial charge >= 0.3 is 0 Å². The first-order chi connectivity index (χ1) is 12.0. The van der Waals surface area contributed by atoms with E-state index in [1.54, 1.807) is 24.3 Å². The molecule has 4 nitrogen and oxygen atoms in total. The summed E-state index contributed by atoms with van der Waals surface area (Å²) in [6.07, 6.45) is 0.469. The molecule has 0 heterocycles. The van der Waals surface area contributed by atoms with E-state index in [1.165, 1.54) is 6.07 Å². The number of amides is 1. The second-order valence-electron chi connectivity index (χ2n) is 6.20. The fourth-order valence-electron chi connectivity index (χ4n) is 2.99. The summed E-state index contributed by atoms with van der Waals surface area (Å²) in [7, 11) is 0. The molecule has 132 valence electrons. The molecule has 0 aliphatic heterocycles. The monoisotopic (exact) mass is 347 g/mol. The van der Waals surface area contributed by atoms with E-state index >= 15 is 0 Å². The van der Waals surface area contributed by atoms with Crippen molar-refractivity contribution in [1.29, 1.82) is 0 Å². The third-order valence-corrected chi connectivity index (χ3v) is 4.35. The van der Waals surface area contributed by atoms with E-state index in [1.807, 2.05) is 6.07 Å². The summed E-state index contributed by atoms with van der Waals surface area (Å²) < 4.78 is 32.7. The van der Waals surface area contributed by atoms with Crippen LogP contribution in [0.5, 0.6) is 5.75 Å². The Balaban J connectivity index is 1.68. The minimum absolute atomic E-state index is 0.101. The zero-order valence-corrected chi connectivity index (χ0v) is 13.5. The van der Waals surface area contributed by atoms with Gasteiger partial charge in [-0.3, -0.25) is 4.79 Å². The number of carbonyl (C=O) groups excluding carboxylic acids is 1. The first-order valence-electron chi connectivity index (χ1n) is 8.13. The SMILES string of the molecule is O=C(COc1ccccc1)N[C@H](c1ccc(F)cc1F)C1CC(O)C1. The summed E-state index contributed by atoms with van der Waals surface area (Å²) in [5.74, 6) is -1.33. The molecule has 0 bridgehead atoms. The fraction of sp³-hybridized carbons (Fsp3) is 0.316. The molecule has 6 heteroatoms. The van der Waals surface area contributed by atoms with Crippen LogP contribution in [0.2, 0.25) is 0 Å². The average molecular weight is 347 g/mol. The van der Waals surface area contributed by atoms with Crippen molar-refractivity contribution in [2.24, 2.45) is 5.92 Å². The van der Waals surface area contributed by atoms with Gasteiger partial charge in [-0.15, -0.1) is 0 Å². The van der Waals surface area contributed by atoms with Gasteiger partial charge in [0, 0.05) is 11.6 Å². The van der Waals surface area contributed by atoms with Crippen LogP contribution < -0.4 is 10.1 Å². The molecular formula is C19H19F2NO3. The molecule has 0 unspecified atom stereocenters. The smallest absolute Gasteiger partial charge is 0.258 e. The van der Waals surface area contributed by atoms with Crippen molar-refractivity contribution in [1.82, 2.24) is 5.32 Å². The molecule has 1 atom stereocenters. The highest BCUT2D eigenvalue weighted by Crippen LogP contribution is 2.39. The molecule has 1 aliphatic carbocycles. The molecule has 2 aromatic carbocycles. The molecule has 0 saturated heterocycles. The summed E-state index contributed by atoms with van der Waals surface area (Å²) in [6.45, 7) is -0.210. The molecular weight excluding hydrogens is 328 g/mol. The number of rotatable bonds is 6. The number of para-hydroxylation sites is 1. The molecule has 1 fully saturated rings. The molecule has 1 amide bonds. The summed E-state index contributed by atoms with van der Waals surface area (Å²) in [5, 5.41) is 12.3. The Bertz CT molecular complexity index is 733. The highest BCUT2D eigenvalue weighted by Gasteiger charge is 2.36. The summed E-state index contributed by atoms with van der Waals surface area (Å²) in [6, 6.07) is 11.5. The Kier molecular flexibility index (Phi) is 5.28. The maximum Gasteiger partial charge on any atom is 0.258 e. The largest absolute Gasteiger partial charge is 0.484 e. The first-order valence-corrected chi connectivity index (χ1v) is 8.13. The Labute approximate surface area is 144 Å². The molecule has 2 aromatic rings. The van der Waals surface area contributed by atoms with E-state index in [-0.39, 0.29) is 18.1 Å². The Morgan fingerprint density at radius 3 is 2.56 bits per heavy atom. The third-order valence-electron chi connectivity index (χ3n) is 4.35. The molecule has 1 aliphatic rings. The van der Waals surface area contributed by atoms with Gasteiger partial charge in [-0.25, -0.2) is 8.78 Å². The van der Waals surface area contributed by atoms with E-state index in [4.69, 9.17) is 4.74 Å². The van der Waals surface area contributed by atoms with Crippen LogP contribution in [0.1, 0.15) is 24.4 Å². The Morgan fingerprint density at radius 2 is 1.92 bits per heavy atom. The van der Waals surface area contributed by atoms with Crippen molar-refractivity contribution in [3.05, 3.63) is 65.7 Å². The van der Waals surface area contributed by atoms with Crippen molar-refractivity contribution < 1.29 is 23.4 Å². The van der Waals surface area contributed by atoms with Crippen molar-refractivity contribution in [2.45, 2.75) is 25.0 Å². The van der Waals surface area contributed by atoms with Crippen molar-refractivity contribution in [3.8, 4) is 5.75 Å². The number of halogens is 2. The van der Waals surface area contributed by atoms with Gasteiger partial charge in [0.15, 0.2) is 6.61 Å². The lowest BCUT2D eigenvalue weighted by atomic mass is 9.75. The van der Waals surface area contributed by atoms with Gasteiger partial charge in [0.2, 0.25) is 0 Å². The predicted octanol–water partition coefficient (Wildman–Crippen LogP) is 2.97. The van der Waals surface area contributed by atoms with E-state index in [0.29, 0.717) is 18.6 Å². The van der Waals surface area contributed by atoms with E-state index in [9.17, 15) is 18.7 Å². The van der Waals surface area contributed by atoms with Crippen LogP contribution in [0.4, 0.5) is 8.78 Å². The van der Waals surface area contributed by atoms with Crippen LogP contribution in [0, 0.1) is 17.6 Å². The van der Waals surface area contributed by atoms with Crippen molar-refractivity contribution in [3.63, 3.8) is 0 Å². The van der Waals surface area contributed by atoms with Crippen LogP contribution in [0.15, 0.2) is 48.5 Å². The first kappa shape index (κ1) is 17.4. The van der Waals surface area contributed by atoms with Gasteiger partial charge < -0.3 is 15.2 Å². The van der Waals surface area contributed by atoms with Gasteiger partial charge in [-0.05, 0) is 37.0 Å². The van der Waals surface area contributed by atoms with Crippen LogP contribution in [0.25, 0.3) is 0 Å². The molecule has 2 N–H and O–H groups in total. The summed E-state index contributed by atoms with van der Waals surface area (Å²) in [5.41, 5.74) is 0.214. The molecule has 1 saturated carbocycles. The van der Waals surface area contributed by atoms with Crippen LogP contribution in [-0.4, -0.2) is 23.7 Å². The summed E-state index contributed by atoms with van der Waals surface area (Å²) >= 11 is 0. The molecule has 0 spiro atoms. The second kappa shape index (κ2) is 7.61. The average Bonchev–Trinajstić information content (AvgIpc) is 2.57. The minimum Gasteiger partial charge on any atom is -0.484 e. The van der Waals surface area contributed by atoms with Gasteiger partial charge in [0.25, 0.3) is 5.91 Å². The van der Waals surface area contributed by atoms with E-state index < -0.39 is 29.7 Å². The lowest BCUT2D eigenvalue weighted by molar-refractivity contribution is -0.125. The van der Waals surface area contributed by atoms with Gasteiger partial charge in [-0.1, -0.05) is 24.3 Å². The number of hydrogen-bond donors (Lipinski definition) is 2. The second-order valence-corrected chi connectivity index (χ2v) is 6.20.